The summed E-state index contributed by atoms with van der Waals surface area (Å²) in [7, 11) is -3.04. The molecule has 140 valence electrons. The molecule has 2 atom stereocenters. The van der Waals surface area contributed by atoms with E-state index in [2.05, 4.69) is 0 Å². The Morgan fingerprint density at radius 3 is 2.12 bits per heavy atom. The van der Waals surface area contributed by atoms with E-state index in [4.69, 9.17) is 0 Å². The Morgan fingerprint density at radius 1 is 1.08 bits per heavy atom. The van der Waals surface area contributed by atoms with Crippen LogP contribution >= 0.6 is 7.29 Å². The number of nitrogens with zero attached hydrogens (tertiary/aromatic N) is 1. The number of benzene rings is 2. The lowest BCUT2D eigenvalue weighted by Crippen LogP contribution is -2.46. The van der Waals surface area contributed by atoms with Gasteiger partial charge in [-0.25, -0.2) is 10.2 Å². The summed E-state index contributed by atoms with van der Waals surface area (Å²) in [5, 5.41) is 9.94. The number of carbonyl (C=O) groups is 1. The molecule has 0 bridgehead atoms. The van der Waals surface area contributed by atoms with Gasteiger partial charge >= 0.3 is 0 Å². The van der Waals surface area contributed by atoms with Gasteiger partial charge in [0.05, 0.1) is 6.04 Å². The Balaban J connectivity index is 2.49. The van der Waals surface area contributed by atoms with E-state index < -0.39 is 19.2 Å². The lowest BCUT2D eigenvalue weighted by molar-refractivity contribution is -0.133. The third kappa shape index (κ3) is 5.04. The van der Waals surface area contributed by atoms with E-state index in [0.29, 0.717) is 18.3 Å². The highest BCUT2D eigenvalue weighted by molar-refractivity contribution is 7.68. The van der Waals surface area contributed by atoms with E-state index in [1.54, 1.807) is 16.8 Å². The van der Waals surface area contributed by atoms with Gasteiger partial charge in [-0.15, -0.1) is 0 Å². The van der Waals surface area contributed by atoms with Gasteiger partial charge in [0.15, 0.2) is 7.29 Å². The Kier molecular flexibility index (Phi) is 7.15. The molecule has 0 fully saturated rings. The van der Waals surface area contributed by atoms with Gasteiger partial charge in [0.2, 0.25) is 0 Å². The maximum absolute atomic E-state index is 13.8. The molecule has 2 aromatic carbocycles. The van der Waals surface area contributed by atoms with Crippen LogP contribution in [0.15, 0.2) is 60.7 Å². The van der Waals surface area contributed by atoms with Crippen LogP contribution < -0.4 is 10.8 Å². The maximum atomic E-state index is 13.8. The molecule has 0 aliphatic heterocycles. The fourth-order valence-electron chi connectivity index (χ4n) is 3.02. The van der Waals surface area contributed by atoms with Gasteiger partial charge in [-0.1, -0.05) is 74.5 Å². The molecule has 0 heterocycles. The number of hydroxylamine groups is 1. The van der Waals surface area contributed by atoms with E-state index >= 15 is 0 Å². The van der Waals surface area contributed by atoms with E-state index in [0.717, 1.165) is 5.56 Å². The monoisotopic (exact) mass is 374 g/mol. The third-order valence-electron chi connectivity index (χ3n) is 4.38. The molecule has 6 heteroatoms. The summed E-state index contributed by atoms with van der Waals surface area (Å²) in [5.74, 6) is -0.334. The van der Waals surface area contributed by atoms with Gasteiger partial charge in [-0.05, 0) is 17.9 Å². The summed E-state index contributed by atoms with van der Waals surface area (Å²) < 4.78 is 15.6. The fraction of sp³-hybridized carbons (Fsp3) is 0.350. The average molecular weight is 374 g/mol. The first-order valence-corrected chi connectivity index (χ1v) is 10.8. The average Bonchev–Trinajstić information content (AvgIpc) is 2.65. The molecule has 26 heavy (non-hydrogen) atoms. The number of rotatable bonds is 8. The zero-order chi connectivity index (χ0) is 19.2. The third-order valence-corrected chi connectivity index (χ3v) is 7.04. The quantitative estimate of drug-likeness (QED) is 0.420. The van der Waals surface area contributed by atoms with Crippen LogP contribution in [0.5, 0.6) is 0 Å². The molecule has 2 N–H and O–H groups in total. The van der Waals surface area contributed by atoms with Gasteiger partial charge in [0, 0.05) is 18.5 Å². The SMILES string of the molecule is CC(C)CC(C(=O)NO)N(Cc1ccccc1)P(C)(=O)c1ccccc1. The van der Waals surface area contributed by atoms with Gasteiger partial charge in [0.1, 0.15) is 0 Å². The minimum atomic E-state index is -3.04. The van der Waals surface area contributed by atoms with E-state index in [1.165, 1.54) is 0 Å². The van der Waals surface area contributed by atoms with Crippen LogP contribution in [0.1, 0.15) is 25.8 Å². The lowest BCUT2D eigenvalue weighted by Gasteiger charge is -2.36. The smallest absolute Gasteiger partial charge is 0.261 e. The number of carbonyl (C=O) groups excluding carboxylic acids is 1. The summed E-state index contributed by atoms with van der Waals surface area (Å²) >= 11 is 0. The van der Waals surface area contributed by atoms with Gasteiger partial charge in [0.25, 0.3) is 5.91 Å². The molecule has 2 aromatic rings. The van der Waals surface area contributed by atoms with Crippen molar-refractivity contribution in [1.29, 1.82) is 0 Å². The van der Waals surface area contributed by atoms with Gasteiger partial charge in [-0.3, -0.25) is 10.0 Å². The van der Waals surface area contributed by atoms with Crippen molar-refractivity contribution in [2.75, 3.05) is 6.66 Å². The molecule has 2 unspecified atom stereocenters. The van der Waals surface area contributed by atoms with Crippen LogP contribution in [0.4, 0.5) is 0 Å². The first kappa shape index (κ1) is 20.4. The lowest BCUT2D eigenvalue weighted by atomic mass is 10.0. The Hall–Kier alpha value is -1.94. The molecule has 0 radical (unpaired) electrons. The summed E-state index contributed by atoms with van der Waals surface area (Å²) in [5.41, 5.74) is 2.72. The van der Waals surface area contributed by atoms with E-state index in [1.807, 2.05) is 74.5 Å². The molecule has 5 nitrogen and oxygen atoms in total. The second-order valence-electron chi connectivity index (χ2n) is 6.92. The number of amides is 1. The molecular weight excluding hydrogens is 347 g/mol. The Morgan fingerprint density at radius 2 is 1.62 bits per heavy atom. The summed E-state index contributed by atoms with van der Waals surface area (Å²) in [6, 6.07) is 18.1. The molecule has 2 rings (SSSR count). The largest absolute Gasteiger partial charge is 0.302 e. The Labute approximate surface area is 155 Å². The first-order valence-electron chi connectivity index (χ1n) is 8.74. The number of nitrogens with one attached hydrogen (secondary N) is 1. The number of hydrogen-bond donors (Lipinski definition) is 2. The second-order valence-corrected chi connectivity index (χ2v) is 9.71. The van der Waals surface area contributed by atoms with Crippen LogP contribution in [0.2, 0.25) is 0 Å². The molecule has 0 saturated carbocycles. The van der Waals surface area contributed by atoms with Crippen molar-refractivity contribution in [3.63, 3.8) is 0 Å². The van der Waals surface area contributed by atoms with Crippen LogP contribution in [-0.2, 0) is 15.9 Å². The van der Waals surface area contributed by atoms with Crippen LogP contribution in [0.25, 0.3) is 0 Å². The molecule has 1 amide bonds. The van der Waals surface area contributed by atoms with Crippen molar-refractivity contribution in [1.82, 2.24) is 10.2 Å². The number of hydrogen-bond acceptors (Lipinski definition) is 3. The van der Waals surface area contributed by atoms with Crippen LogP contribution in [0.3, 0.4) is 0 Å². The molecule has 0 spiro atoms. The van der Waals surface area contributed by atoms with Crippen molar-refractivity contribution in [3.8, 4) is 0 Å². The minimum absolute atomic E-state index is 0.200. The zero-order valence-corrected chi connectivity index (χ0v) is 16.4. The van der Waals surface area contributed by atoms with Crippen molar-refractivity contribution >= 4 is 18.5 Å². The highest BCUT2D eigenvalue weighted by Gasteiger charge is 2.37. The van der Waals surface area contributed by atoms with E-state index in [9.17, 15) is 14.6 Å². The zero-order valence-electron chi connectivity index (χ0n) is 15.5. The molecule has 0 aliphatic carbocycles. The highest BCUT2D eigenvalue weighted by Crippen LogP contribution is 2.48. The van der Waals surface area contributed by atoms with Crippen LogP contribution in [-0.4, -0.2) is 28.5 Å². The normalized spacial score (nSPS) is 14.8. The summed E-state index contributed by atoms with van der Waals surface area (Å²) in [6.45, 7) is 6.04. The van der Waals surface area contributed by atoms with E-state index in [-0.39, 0.29) is 5.92 Å². The summed E-state index contributed by atoms with van der Waals surface area (Å²) in [6.07, 6.45) is 0.490. The summed E-state index contributed by atoms with van der Waals surface area (Å²) in [4.78, 5) is 12.4. The first-order chi connectivity index (χ1) is 12.4. The van der Waals surface area contributed by atoms with Crippen LogP contribution in [0, 0.1) is 5.92 Å². The fourth-order valence-corrected chi connectivity index (χ4v) is 5.21. The second kappa shape index (κ2) is 9.13. The van der Waals surface area contributed by atoms with Crippen molar-refractivity contribution in [2.45, 2.75) is 32.9 Å². The molecule has 0 saturated heterocycles. The predicted molar refractivity (Wildman–Crippen MR) is 105 cm³/mol. The van der Waals surface area contributed by atoms with Gasteiger partial charge < -0.3 is 4.57 Å². The topological polar surface area (TPSA) is 69.6 Å². The maximum Gasteiger partial charge on any atom is 0.261 e. The van der Waals surface area contributed by atoms with Gasteiger partial charge in [-0.2, -0.15) is 0 Å². The highest BCUT2D eigenvalue weighted by atomic mass is 31.2. The van der Waals surface area contributed by atoms with Crippen molar-refractivity contribution in [2.24, 2.45) is 5.92 Å². The standard InChI is InChI=1S/C20H27N2O3P/c1-16(2)14-19(20(23)21-24)22(15-17-10-6-4-7-11-17)26(3,25)18-12-8-5-9-13-18/h4-13,16,19,24H,14-15H2,1-3H3,(H,21,23). The molecular formula is C20H27N2O3P. The predicted octanol–water partition coefficient (Wildman–Crippen LogP) is 3.64. The van der Waals surface area contributed by atoms with Crippen molar-refractivity contribution < 1.29 is 14.6 Å². The Bertz CT molecular complexity index is 750. The molecule has 0 aliphatic rings. The minimum Gasteiger partial charge on any atom is -0.302 e. The molecule has 0 aromatic heterocycles. The van der Waals surface area contributed by atoms with Crippen molar-refractivity contribution in [3.05, 3.63) is 66.2 Å².